The van der Waals surface area contributed by atoms with E-state index in [2.05, 4.69) is 22.6 Å². The molecular weight excluding hydrogens is 230 g/mol. The van der Waals surface area contributed by atoms with Crippen molar-refractivity contribution in [3.05, 3.63) is 21.6 Å². The third-order valence-corrected chi connectivity index (χ3v) is 2.99. The van der Waals surface area contributed by atoms with E-state index in [4.69, 9.17) is 0 Å². The van der Waals surface area contributed by atoms with E-state index in [0.717, 1.165) is 10.0 Å². The van der Waals surface area contributed by atoms with Gasteiger partial charge in [0.05, 0.1) is 0 Å². The molecule has 0 spiro atoms. The summed E-state index contributed by atoms with van der Waals surface area (Å²) in [6.45, 7) is 2.03. The summed E-state index contributed by atoms with van der Waals surface area (Å²) in [4.78, 5) is 0. The Morgan fingerprint density at radius 3 is 2.89 bits per heavy atom. The van der Waals surface area contributed by atoms with Crippen molar-refractivity contribution < 1.29 is 4.39 Å². The maximum atomic E-state index is 12.6. The smallest absolute Gasteiger partial charge is 0.132 e. The van der Waals surface area contributed by atoms with E-state index in [1.807, 2.05) is 13.0 Å². The van der Waals surface area contributed by atoms with Crippen LogP contribution in [0.25, 0.3) is 0 Å². The van der Waals surface area contributed by atoms with E-state index in [9.17, 15) is 4.39 Å². The van der Waals surface area contributed by atoms with Gasteiger partial charge in [0.25, 0.3) is 0 Å². The summed E-state index contributed by atoms with van der Waals surface area (Å²) < 4.78 is 13.5. The second-order valence-electron chi connectivity index (χ2n) is 2.23. The molecule has 0 aromatic heterocycles. The molecule has 0 aromatic rings. The lowest BCUT2D eigenvalue weighted by Gasteiger charge is -2.11. The fraction of sp³-hybridized carbons (Fsp3) is 0.429. The Bertz CT molecular complexity index is 170. The monoisotopic (exact) mass is 238 g/mol. The fourth-order valence-corrected chi connectivity index (χ4v) is 1.23. The Hall–Kier alpha value is 0.140. The lowest BCUT2D eigenvalue weighted by atomic mass is 10.0. The van der Waals surface area contributed by atoms with Crippen molar-refractivity contribution in [3.8, 4) is 0 Å². The van der Waals surface area contributed by atoms with Crippen LogP contribution in [0.4, 0.5) is 4.39 Å². The van der Waals surface area contributed by atoms with Crippen molar-refractivity contribution in [1.82, 2.24) is 0 Å². The molecule has 1 aliphatic rings. The SMILES string of the molecule is CC1CC=CC(F)=C1I. The first-order chi connectivity index (χ1) is 4.22. The Morgan fingerprint density at radius 1 is 1.78 bits per heavy atom. The Labute approximate surface area is 68.0 Å². The van der Waals surface area contributed by atoms with Crippen molar-refractivity contribution in [1.29, 1.82) is 0 Å². The van der Waals surface area contributed by atoms with Crippen LogP contribution in [0.2, 0.25) is 0 Å². The highest BCUT2D eigenvalue weighted by molar-refractivity contribution is 14.1. The molecule has 0 saturated carbocycles. The Morgan fingerprint density at radius 2 is 2.44 bits per heavy atom. The van der Waals surface area contributed by atoms with Crippen molar-refractivity contribution in [2.75, 3.05) is 0 Å². The van der Waals surface area contributed by atoms with E-state index in [1.54, 1.807) is 6.08 Å². The van der Waals surface area contributed by atoms with Crippen LogP contribution in [-0.4, -0.2) is 0 Å². The maximum absolute atomic E-state index is 12.6. The van der Waals surface area contributed by atoms with E-state index < -0.39 is 0 Å². The Balaban J connectivity index is 2.83. The maximum Gasteiger partial charge on any atom is 0.132 e. The number of allylic oxidation sites excluding steroid dienone is 4. The molecule has 0 heterocycles. The van der Waals surface area contributed by atoms with Crippen LogP contribution in [0.15, 0.2) is 21.6 Å². The molecule has 0 radical (unpaired) electrons. The van der Waals surface area contributed by atoms with Crippen LogP contribution in [-0.2, 0) is 0 Å². The van der Waals surface area contributed by atoms with Gasteiger partial charge in [0, 0.05) is 3.58 Å². The third kappa shape index (κ3) is 1.53. The lowest BCUT2D eigenvalue weighted by molar-refractivity contribution is 0.613. The van der Waals surface area contributed by atoms with Gasteiger partial charge < -0.3 is 0 Å². The summed E-state index contributed by atoms with van der Waals surface area (Å²) in [6.07, 6.45) is 4.40. The van der Waals surface area contributed by atoms with Gasteiger partial charge in [-0.3, -0.25) is 0 Å². The van der Waals surface area contributed by atoms with Crippen LogP contribution < -0.4 is 0 Å². The second kappa shape index (κ2) is 2.82. The summed E-state index contributed by atoms with van der Waals surface area (Å²) in [5.74, 6) is 0.324. The van der Waals surface area contributed by atoms with Crippen molar-refractivity contribution in [2.24, 2.45) is 5.92 Å². The molecule has 9 heavy (non-hydrogen) atoms. The second-order valence-corrected chi connectivity index (χ2v) is 3.40. The van der Waals surface area contributed by atoms with Gasteiger partial charge in [-0.25, -0.2) is 4.39 Å². The molecule has 1 unspecified atom stereocenters. The van der Waals surface area contributed by atoms with Gasteiger partial charge in [-0.05, 0) is 41.0 Å². The highest BCUT2D eigenvalue weighted by atomic mass is 127. The number of rotatable bonds is 0. The summed E-state index contributed by atoms with van der Waals surface area (Å²) in [5.41, 5.74) is 0. The van der Waals surface area contributed by atoms with E-state index in [-0.39, 0.29) is 5.83 Å². The van der Waals surface area contributed by atoms with Crippen LogP contribution in [0.3, 0.4) is 0 Å². The molecule has 1 rings (SSSR count). The van der Waals surface area contributed by atoms with Gasteiger partial charge in [0.15, 0.2) is 0 Å². The van der Waals surface area contributed by atoms with E-state index >= 15 is 0 Å². The van der Waals surface area contributed by atoms with Crippen LogP contribution in [0.1, 0.15) is 13.3 Å². The quantitative estimate of drug-likeness (QED) is 0.568. The van der Waals surface area contributed by atoms with Crippen LogP contribution >= 0.6 is 22.6 Å². The topological polar surface area (TPSA) is 0 Å². The predicted octanol–water partition coefficient (Wildman–Crippen LogP) is 3.20. The third-order valence-electron chi connectivity index (χ3n) is 1.41. The van der Waals surface area contributed by atoms with Crippen molar-refractivity contribution >= 4 is 22.6 Å². The molecule has 50 valence electrons. The summed E-state index contributed by atoms with van der Waals surface area (Å²) in [5, 5.41) is 0. The molecule has 0 nitrogen and oxygen atoms in total. The molecule has 1 atom stereocenters. The minimum absolute atomic E-state index is 0.0608. The fourth-order valence-electron chi connectivity index (χ4n) is 0.794. The summed E-state index contributed by atoms with van der Waals surface area (Å²) in [6, 6.07) is 0. The van der Waals surface area contributed by atoms with Gasteiger partial charge in [-0.1, -0.05) is 13.0 Å². The van der Waals surface area contributed by atoms with Gasteiger partial charge >= 0.3 is 0 Å². The number of halogens is 2. The van der Waals surface area contributed by atoms with Gasteiger partial charge in [0.1, 0.15) is 5.83 Å². The molecule has 0 bridgehead atoms. The summed E-state index contributed by atoms with van der Waals surface area (Å²) in [7, 11) is 0. The minimum atomic E-state index is -0.0608. The lowest BCUT2D eigenvalue weighted by Crippen LogP contribution is -1.97. The molecule has 0 saturated heterocycles. The molecule has 0 fully saturated rings. The van der Waals surface area contributed by atoms with E-state index in [0.29, 0.717) is 5.92 Å². The molecule has 1 aliphatic carbocycles. The van der Waals surface area contributed by atoms with Gasteiger partial charge in [0.2, 0.25) is 0 Å². The normalized spacial score (nSPS) is 27.2. The zero-order valence-corrected chi connectivity index (χ0v) is 7.35. The molecule has 0 aromatic carbocycles. The molecule has 0 aliphatic heterocycles. The first-order valence-electron chi connectivity index (χ1n) is 2.93. The number of hydrogen-bond acceptors (Lipinski definition) is 0. The molecule has 0 N–H and O–H groups in total. The molecule has 0 amide bonds. The largest absolute Gasteiger partial charge is 0.206 e. The first kappa shape index (κ1) is 7.25. The van der Waals surface area contributed by atoms with Gasteiger partial charge in [-0.15, -0.1) is 0 Å². The highest BCUT2D eigenvalue weighted by Gasteiger charge is 2.11. The molecule has 2 heteroatoms. The van der Waals surface area contributed by atoms with Crippen molar-refractivity contribution in [2.45, 2.75) is 13.3 Å². The Kier molecular flexibility index (Phi) is 2.27. The standard InChI is InChI=1S/C7H8FI/c1-5-3-2-4-6(8)7(5)9/h2,4-5H,3H2,1H3. The van der Waals surface area contributed by atoms with Gasteiger partial charge in [-0.2, -0.15) is 0 Å². The van der Waals surface area contributed by atoms with E-state index in [1.165, 1.54) is 0 Å². The van der Waals surface area contributed by atoms with Crippen LogP contribution in [0, 0.1) is 5.92 Å². The predicted molar refractivity (Wildman–Crippen MR) is 45.1 cm³/mol. The zero-order chi connectivity index (χ0) is 6.85. The number of hydrogen-bond donors (Lipinski definition) is 0. The average Bonchev–Trinajstić information content (AvgIpc) is 1.83. The highest BCUT2D eigenvalue weighted by Crippen LogP contribution is 2.30. The first-order valence-corrected chi connectivity index (χ1v) is 4.01. The van der Waals surface area contributed by atoms with Crippen LogP contribution in [0.5, 0.6) is 0 Å². The van der Waals surface area contributed by atoms with Crippen molar-refractivity contribution in [3.63, 3.8) is 0 Å². The average molecular weight is 238 g/mol. The zero-order valence-electron chi connectivity index (χ0n) is 5.20. The summed E-state index contributed by atoms with van der Waals surface area (Å²) >= 11 is 2.06. The minimum Gasteiger partial charge on any atom is -0.206 e. The molecular formula is C7H8FI.